The van der Waals surface area contributed by atoms with Crippen molar-refractivity contribution >= 4 is 35.6 Å². The summed E-state index contributed by atoms with van der Waals surface area (Å²) < 4.78 is 38.9. The van der Waals surface area contributed by atoms with Crippen molar-refractivity contribution in [3.8, 4) is 22.4 Å². The molecule has 0 radical (unpaired) electrons. The maximum atomic E-state index is 12.3. The van der Waals surface area contributed by atoms with Crippen molar-refractivity contribution in [2.45, 2.75) is 25.4 Å². The maximum Gasteiger partial charge on any atom is 0.405 e. The van der Waals surface area contributed by atoms with Crippen LogP contribution in [0.2, 0.25) is 0 Å². The Bertz CT molecular complexity index is 1370. The van der Waals surface area contributed by atoms with Crippen molar-refractivity contribution in [1.29, 1.82) is 0 Å². The lowest BCUT2D eigenvalue weighted by atomic mass is 10.1. The van der Waals surface area contributed by atoms with Gasteiger partial charge in [0.2, 0.25) is 0 Å². The molecule has 4 aromatic rings. The number of hydrogen-bond acceptors (Lipinski definition) is 4. The lowest BCUT2D eigenvalue weighted by molar-refractivity contribution is -0.122. The Morgan fingerprint density at radius 1 is 0.919 bits per heavy atom. The maximum absolute atomic E-state index is 12.3. The smallest absolute Gasteiger partial charge is 0.357 e. The van der Waals surface area contributed by atoms with E-state index in [1.54, 1.807) is 29.7 Å². The Labute approximate surface area is 218 Å². The van der Waals surface area contributed by atoms with Gasteiger partial charge in [-0.1, -0.05) is 12.1 Å². The predicted molar refractivity (Wildman–Crippen MR) is 140 cm³/mol. The van der Waals surface area contributed by atoms with Gasteiger partial charge in [0.25, 0.3) is 0 Å². The van der Waals surface area contributed by atoms with Crippen LogP contribution in [0.15, 0.2) is 67.1 Å². The highest BCUT2D eigenvalue weighted by atomic mass is 35.5. The SMILES string of the molecule is Cl.O=C(NCC(F)(F)F)Nc1cccc(-c2cnc3cc(-c4ccc(N5CCCCC5)nc4)ccn23)c1. The Morgan fingerprint density at radius 3 is 2.46 bits per heavy atom. The quantitative estimate of drug-likeness (QED) is 0.324. The molecule has 11 heteroatoms. The van der Waals surface area contributed by atoms with Crippen LogP contribution in [-0.4, -0.2) is 46.2 Å². The number of pyridine rings is 2. The third-order valence-corrected chi connectivity index (χ3v) is 6.14. The monoisotopic (exact) mass is 530 g/mol. The van der Waals surface area contributed by atoms with E-state index in [4.69, 9.17) is 0 Å². The van der Waals surface area contributed by atoms with Crippen LogP contribution in [-0.2, 0) is 0 Å². The van der Waals surface area contributed by atoms with Crippen LogP contribution >= 0.6 is 12.4 Å². The van der Waals surface area contributed by atoms with Gasteiger partial charge < -0.3 is 15.5 Å². The molecule has 0 bridgehead atoms. The number of piperidine rings is 1. The van der Waals surface area contributed by atoms with Gasteiger partial charge in [-0.15, -0.1) is 12.4 Å². The van der Waals surface area contributed by atoms with Crippen molar-refractivity contribution in [1.82, 2.24) is 19.7 Å². The number of anilines is 2. The second-order valence-corrected chi connectivity index (χ2v) is 8.74. The molecule has 194 valence electrons. The van der Waals surface area contributed by atoms with Gasteiger partial charge in [0.05, 0.1) is 11.9 Å². The highest BCUT2D eigenvalue weighted by Gasteiger charge is 2.27. The van der Waals surface area contributed by atoms with Gasteiger partial charge >= 0.3 is 12.2 Å². The molecule has 0 unspecified atom stereocenters. The first-order valence-electron chi connectivity index (χ1n) is 11.8. The van der Waals surface area contributed by atoms with Crippen molar-refractivity contribution < 1.29 is 18.0 Å². The summed E-state index contributed by atoms with van der Waals surface area (Å²) in [4.78, 5) is 23.3. The topological polar surface area (TPSA) is 74.6 Å². The van der Waals surface area contributed by atoms with Crippen molar-refractivity contribution in [2.75, 3.05) is 29.9 Å². The summed E-state index contributed by atoms with van der Waals surface area (Å²) in [6.45, 7) is 0.693. The fourth-order valence-electron chi connectivity index (χ4n) is 4.35. The first kappa shape index (κ1) is 26.3. The van der Waals surface area contributed by atoms with Gasteiger partial charge in [-0.05, 0) is 61.2 Å². The number of rotatable bonds is 5. The molecule has 37 heavy (non-hydrogen) atoms. The Hall–Kier alpha value is -3.79. The summed E-state index contributed by atoms with van der Waals surface area (Å²) in [5, 5.41) is 4.23. The Morgan fingerprint density at radius 2 is 1.73 bits per heavy atom. The molecule has 0 saturated carbocycles. The van der Waals surface area contributed by atoms with E-state index in [1.807, 2.05) is 35.0 Å². The molecule has 3 aromatic heterocycles. The number of alkyl halides is 3. The molecule has 5 rings (SSSR count). The molecule has 0 atom stereocenters. The third-order valence-electron chi connectivity index (χ3n) is 6.14. The molecular weight excluding hydrogens is 505 g/mol. The van der Waals surface area contributed by atoms with Gasteiger partial charge in [0.15, 0.2) is 0 Å². The lowest BCUT2D eigenvalue weighted by Crippen LogP contribution is -2.36. The van der Waals surface area contributed by atoms with Crippen molar-refractivity contribution in [3.05, 3.63) is 67.1 Å². The summed E-state index contributed by atoms with van der Waals surface area (Å²) in [7, 11) is 0. The standard InChI is InChI=1S/C26H25F3N6O.ClH/c27-26(28,29)17-32-25(36)33-21-6-4-5-19(13-21)22-16-31-24-14-18(9-12-35(22)24)20-7-8-23(30-15-20)34-10-2-1-3-11-34;/h4-9,12-16H,1-3,10-11,17H2,(H2,32,33,36);1H. The number of fused-ring (bicyclic) bond motifs is 1. The van der Waals surface area contributed by atoms with Crippen molar-refractivity contribution in [2.24, 2.45) is 0 Å². The number of nitrogens with zero attached hydrogens (tertiary/aromatic N) is 4. The minimum Gasteiger partial charge on any atom is -0.357 e. The van der Waals surface area contributed by atoms with Crippen LogP contribution in [0.3, 0.4) is 0 Å². The van der Waals surface area contributed by atoms with E-state index in [9.17, 15) is 18.0 Å². The van der Waals surface area contributed by atoms with E-state index in [0.717, 1.165) is 46.9 Å². The molecule has 1 aliphatic rings. The number of carbonyl (C=O) groups excluding carboxylic acids is 1. The molecule has 1 fully saturated rings. The zero-order valence-electron chi connectivity index (χ0n) is 19.8. The van der Waals surface area contributed by atoms with Crippen LogP contribution in [0.5, 0.6) is 0 Å². The fourth-order valence-corrected chi connectivity index (χ4v) is 4.35. The molecule has 1 saturated heterocycles. The minimum absolute atomic E-state index is 0. The largest absolute Gasteiger partial charge is 0.405 e. The predicted octanol–water partition coefficient (Wildman–Crippen LogP) is 6.16. The van der Waals surface area contributed by atoms with Gasteiger partial charge in [-0.25, -0.2) is 14.8 Å². The van der Waals surface area contributed by atoms with Gasteiger partial charge in [-0.2, -0.15) is 13.2 Å². The molecule has 0 spiro atoms. The summed E-state index contributed by atoms with van der Waals surface area (Å²) in [6, 6.07) is 14.0. The van der Waals surface area contributed by atoms with E-state index in [2.05, 4.69) is 32.3 Å². The summed E-state index contributed by atoms with van der Waals surface area (Å²) in [6.07, 6.45) is 4.73. The number of amides is 2. The Balaban J connectivity index is 0.00000320. The van der Waals surface area contributed by atoms with Gasteiger partial charge in [0.1, 0.15) is 18.0 Å². The summed E-state index contributed by atoms with van der Waals surface area (Å²) >= 11 is 0. The molecule has 1 aliphatic heterocycles. The van der Waals surface area contributed by atoms with Gasteiger partial charge in [0, 0.05) is 42.3 Å². The van der Waals surface area contributed by atoms with E-state index in [1.165, 1.54) is 19.3 Å². The van der Waals surface area contributed by atoms with E-state index in [0.29, 0.717) is 5.69 Å². The van der Waals surface area contributed by atoms with E-state index >= 15 is 0 Å². The first-order chi connectivity index (χ1) is 17.4. The van der Waals surface area contributed by atoms with E-state index < -0.39 is 18.8 Å². The molecule has 0 aliphatic carbocycles. The zero-order valence-corrected chi connectivity index (χ0v) is 20.6. The highest BCUT2D eigenvalue weighted by Crippen LogP contribution is 2.28. The number of nitrogens with one attached hydrogen (secondary N) is 2. The normalized spacial score (nSPS) is 13.8. The average Bonchev–Trinajstić information content (AvgIpc) is 3.31. The first-order valence-corrected chi connectivity index (χ1v) is 11.8. The van der Waals surface area contributed by atoms with Crippen LogP contribution in [0.1, 0.15) is 19.3 Å². The number of carbonyl (C=O) groups is 1. The number of urea groups is 1. The van der Waals surface area contributed by atoms with Crippen molar-refractivity contribution in [3.63, 3.8) is 0 Å². The molecule has 1 aromatic carbocycles. The minimum atomic E-state index is -4.47. The average molecular weight is 531 g/mol. The second-order valence-electron chi connectivity index (χ2n) is 8.74. The number of aromatic nitrogens is 3. The number of hydrogen-bond donors (Lipinski definition) is 2. The molecule has 2 N–H and O–H groups in total. The van der Waals surface area contributed by atoms with Crippen LogP contribution in [0, 0.1) is 0 Å². The van der Waals surface area contributed by atoms with Gasteiger partial charge in [-0.3, -0.25) is 4.40 Å². The highest BCUT2D eigenvalue weighted by molar-refractivity contribution is 5.90. The third kappa shape index (κ3) is 6.32. The number of imidazole rings is 1. The molecule has 4 heterocycles. The molecule has 2 amide bonds. The number of benzene rings is 1. The van der Waals surface area contributed by atoms with E-state index in [-0.39, 0.29) is 12.4 Å². The Kier molecular flexibility index (Phi) is 7.87. The molecule has 7 nitrogen and oxygen atoms in total. The van der Waals surface area contributed by atoms with Crippen LogP contribution in [0.4, 0.5) is 29.5 Å². The second kappa shape index (κ2) is 11.1. The summed E-state index contributed by atoms with van der Waals surface area (Å²) in [5.41, 5.74) is 4.65. The molecular formula is C26H26ClF3N6O. The van der Waals surface area contributed by atoms with Crippen LogP contribution in [0.25, 0.3) is 28.0 Å². The van der Waals surface area contributed by atoms with Crippen LogP contribution < -0.4 is 15.5 Å². The fraction of sp³-hybridized carbons (Fsp3) is 0.269. The lowest BCUT2D eigenvalue weighted by Gasteiger charge is -2.27. The summed E-state index contributed by atoms with van der Waals surface area (Å²) in [5.74, 6) is 1.00. The number of halogens is 4. The zero-order chi connectivity index (χ0) is 25.1.